The number of hydrogen-bond acceptors (Lipinski definition) is 4. The number of aryl methyl sites for hydroxylation is 1. The number of ether oxygens (including phenoxy) is 2. The predicted octanol–water partition coefficient (Wildman–Crippen LogP) is 6.00. The SMILES string of the molecule is CCCCOc1cccc(C(=O)NC(=S)Nc2cccc(OCCCc3ccccc3)c2)c1. The normalized spacial score (nSPS) is 10.3. The van der Waals surface area contributed by atoms with Gasteiger partial charge in [-0.25, -0.2) is 0 Å². The molecule has 172 valence electrons. The fourth-order valence-electron chi connectivity index (χ4n) is 3.17. The Morgan fingerprint density at radius 2 is 1.55 bits per heavy atom. The van der Waals surface area contributed by atoms with Crippen molar-refractivity contribution in [3.05, 3.63) is 90.0 Å². The molecule has 0 fully saturated rings. The summed E-state index contributed by atoms with van der Waals surface area (Å²) in [6, 6.07) is 25.0. The summed E-state index contributed by atoms with van der Waals surface area (Å²) in [6.07, 6.45) is 3.93. The highest BCUT2D eigenvalue weighted by Crippen LogP contribution is 2.18. The topological polar surface area (TPSA) is 59.6 Å². The van der Waals surface area contributed by atoms with Gasteiger partial charge >= 0.3 is 0 Å². The molecule has 5 nitrogen and oxygen atoms in total. The molecular weight excluding hydrogens is 432 g/mol. The molecule has 0 aliphatic carbocycles. The maximum Gasteiger partial charge on any atom is 0.257 e. The van der Waals surface area contributed by atoms with Gasteiger partial charge < -0.3 is 14.8 Å². The Hall–Kier alpha value is -3.38. The molecule has 0 unspecified atom stereocenters. The lowest BCUT2D eigenvalue weighted by atomic mass is 10.1. The molecule has 0 saturated heterocycles. The molecule has 1 amide bonds. The van der Waals surface area contributed by atoms with E-state index < -0.39 is 0 Å². The molecule has 0 radical (unpaired) electrons. The molecule has 2 N–H and O–H groups in total. The second kappa shape index (κ2) is 13.2. The van der Waals surface area contributed by atoms with Crippen LogP contribution in [0.2, 0.25) is 0 Å². The standard InChI is InChI=1S/C27H30N2O3S/c1-2-3-17-31-24-15-7-13-22(19-24)26(30)29-27(33)28-23-14-8-16-25(20-23)32-18-9-12-21-10-5-4-6-11-21/h4-8,10-11,13-16,19-20H,2-3,9,12,17-18H2,1H3,(H2,28,29,30,33). The van der Waals surface area contributed by atoms with Gasteiger partial charge in [0.05, 0.1) is 13.2 Å². The van der Waals surface area contributed by atoms with Gasteiger partial charge in [0.15, 0.2) is 5.11 Å². The summed E-state index contributed by atoms with van der Waals surface area (Å²) in [5.74, 6) is 1.13. The Balaban J connectivity index is 1.46. The van der Waals surface area contributed by atoms with E-state index in [9.17, 15) is 4.79 Å². The minimum atomic E-state index is -0.290. The number of rotatable bonds is 11. The van der Waals surface area contributed by atoms with Gasteiger partial charge in [0.1, 0.15) is 11.5 Å². The van der Waals surface area contributed by atoms with Gasteiger partial charge in [-0.05, 0) is 67.4 Å². The number of thiocarbonyl (C=S) groups is 1. The molecule has 0 saturated carbocycles. The van der Waals surface area contributed by atoms with Crippen LogP contribution in [0.4, 0.5) is 5.69 Å². The summed E-state index contributed by atoms with van der Waals surface area (Å²) >= 11 is 5.32. The van der Waals surface area contributed by atoms with Crippen molar-refractivity contribution in [2.24, 2.45) is 0 Å². The third-order valence-corrected chi connectivity index (χ3v) is 5.11. The van der Waals surface area contributed by atoms with E-state index in [1.807, 2.05) is 48.5 Å². The van der Waals surface area contributed by atoms with E-state index in [0.29, 0.717) is 24.5 Å². The van der Waals surface area contributed by atoms with Crippen LogP contribution in [0.5, 0.6) is 11.5 Å². The van der Waals surface area contributed by atoms with Crippen molar-refractivity contribution in [1.29, 1.82) is 0 Å². The van der Waals surface area contributed by atoms with Crippen LogP contribution in [-0.2, 0) is 6.42 Å². The summed E-state index contributed by atoms with van der Waals surface area (Å²) in [5.41, 5.74) is 2.54. The summed E-state index contributed by atoms with van der Waals surface area (Å²) in [5, 5.41) is 5.98. The van der Waals surface area contributed by atoms with Crippen molar-refractivity contribution in [3.63, 3.8) is 0 Å². The molecule has 0 aliphatic heterocycles. The molecule has 6 heteroatoms. The van der Waals surface area contributed by atoms with E-state index in [4.69, 9.17) is 21.7 Å². The molecule has 0 atom stereocenters. The highest BCUT2D eigenvalue weighted by molar-refractivity contribution is 7.80. The number of carbonyl (C=O) groups is 1. The molecule has 0 spiro atoms. The fourth-order valence-corrected chi connectivity index (χ4v) is 3.38. The molecule has 0 aliphatic rings. The first kappa shape index (κ1) is 24.3. The first-order valence-electron chi connectivity index (χ1n) is 11.3. The highest BCUT2D eigenvalue weighted by atomic mass is 32.1. The highest BCUT2D eigenvalue weighted by Gasteiger charge is 2.09. The molecule has 3 rings (SSSR count). The van der Waals surface area contributed by atoms with Crippen LogP contribution in [-0.4, -0.2) is 24.2 Å². The zero-order valence-corrected chi connectivity index (χ0v) is 19.7. The first-order chi connectivity index (χ1) is 16.1. The summed E-state index contributed by atoms with van der Waals surface area (Å²) in [6.45, 7) is 3.36. The van der Waals surface area contributed by atoms with Crippen LogP contribution >= 0.6 is 12.2 Å². The van der Waals surface area contributed by atoms with Gasteiger partial charge in [-0.3, -0.25) is 10.1 Å². The number of unbranched alkanes of at least 4 members (excludes halogenated alkanes) is 1. The molecule has 0 heterocycles. The quantitative estimate of drug-likeness (QED) is 0.270. The Bertz CT molecular complexity index is 1040. The monoisotopic (exact) mass is 462 g/mol. The van der Waals surface area contributed by atoms with Gasteiger partial charge in [0.25, 0.3) is 5.91 Å². The minimum absolute atomic E-state index is 0.221. The van der Waals surface area contributed by atoms with Crippen molar-refractivity contribution >= 4 is 28.9 Å². The summed E-state index contributed by atoms with van der Waals surface area (Å²) in [7, 11) is 0. The second-order valence-electron chi connectivity index (χ2n) is 7.60. The Labute approximate surface area is 201 Å². The third kappa shape index (κ3) is 8.58. The van der Waals surface area contributed by atoms with Crippen LogP contribution in [0.3, 0.4) is 0 Å². The molecule has 3 aromatic carbocycles. The number of carbonyl (C=O) groups excluding carboxylic acids is 1. The van der Waals surface area contributed by atoms with Crippen LogP contribution in [0.1, 0.15) is 42.1 Å². The van der Waals surface area contributed by atoms with E-state index in [0.717, 1.165) is 37.1 Å². The number of amides is 1. The van der Waals surface area contributed by atoms with E-state index in [-0.39, 0.29) is 11.0 Å². The summed E-state index contributed by atoms with van der Waals surface area (Å²) in [4.78, 5) is 12.6. The van der Waals surface area contributed by atoms with Crippen LogP contribution in [0.15, 0.2) is 78.9 Å². The lowest BCUT2D eigenvalue weighted by molar-refractivity contribution is 0.0977. The lowest BCUT2D eigenvalue weighted by Gasteiger charge is -2.12. The van der Waals surface area contributed by atoms with Gasteiger partial charge in [0, 0.05) is 17.3 Å². The van der Waals surface area contributed by atoms with E-state index in [2.05, 4.69) is 29.7 Å². The summed E-state index contributed by atoms with van der Waals surface area (Å²) < 4.78 is 11.5. The van der Waals surface area contributed by atoms with Crippen molar-refractivity contribution < 1.29 is 14.3 Å². The third-order valence-electron chi connectivity index (χ3n) is 4.90. The van der Waals surface area contributed by atoms with Gasteiger partial charge in [-0.15, -0.1) is 0 Å². The van der Waals surface area contributed by atoms with Crippen molar-refractivity contribution in [2.75, 3.05) is 18.5 Å². The zero-order valence-electron chi connectivity index (χ0n) is 18.9. The largest absolute Gasteiger partial charge is 0.494 e. The minimum Gasteiger partial charge on any atom is -0.494 e. The molecule has 0 aromatic heterocycles. The Morgan fingerprint density at radius 1 is 0.848 bits per heavy atom. The average Bonchev–Trinajstić information content (AvgIpc) is 2.83. The van der Waals surface area contributed by atoms with E-state index in [1.165, 1.54) is 5.56 Å². The molecule has 3 aromatic rings. The fraction of sp³-hybridized carbons (Fsp3) is 0.259. The molecule has 0 bridgehead atoms. The van der Waals surface area contributed by atoms with Crippen molar-refractivity contribution in [1.82, 2.24) is 5.32 Å². The maximum atomic E-state index is 12.6. The van der Waals surface area contributed by atoms with Crippen molar-refractivity contribution in [3.8, 4) is 11.5 Å². The van der Waals surface area contributed by atoms with Gasteiger partial charge in [0.2, 0.25) is 0 Å². The van der Waals surface area contributed by atoms with Crippen LogP contribution in [0.25, 0.3) is 0 Å². The van der Waals surface area contributed by atoms with Crippen molar-refractivity contribution in [2.45, 2.75) is 32.6 Å². The number of anilines is 1. The smallest absolute Gasteiger partial charge is 0.257 e. The van der Waals surface area contributed by atoms with Crippen LogP contribution in [0, 0.1) is 0 Å². The van der Waals surface area contributed by atoms with Gasteiger partial charge in [-0.2, -0.15) is 0 Å². The number of benzene rings is 3. The average molecular weight is 463 g/mol. The van der Waals surface area contributed by atoms with E-state index in [1.54, 1.807) is 18.2 Å². The maximum absolute atomic E-state index is 12.6. The molecular formula is C27H30N2O3S. The lowest BCUT2D eigenvalue weighted by Crippen LogP contribution is -2.34. The zero-order chi connectivity index (χ0) is 23.3. The molecule has 33 heavy (non-hydrogen) atoms. The van der Waals surface area contributed by atoms with Gasteiger partial charge in [-0.1, -0.05) is 55.8 Å². The van der Waals surface area contributed by atoms with E-state index >= 15 is 0 Å². The predicted molar refractivity (Wildman–Crippen MR) is 137 cm³/mol. The Kier molecular flexibility index (Phi) is 9.73. The Morgan fingerprint density at radius 3 is 2.30 bits per heavy atom. The first-order valence-corrected chi connectivity index (χ1v) is 11.7. The van der Waals surface area contributed by atoms with Crippen LogP contribution < -0.4 is 20.1 Å². The second-order valence-corrected chi connectivity index (χ2v) is 8.01. The number of hydrogen-bond donors (Lipinski definition) is 2. The number of nitrogens with one attached hydrogen (secondary N) is 2.